The number of rotatable bonds is 18. The summed E-state index contributed by atoms with van der Waals surface area (Å²) in [6, 6.07) is 0. The topological polar surface area (TPSA) is 63.6 Å². The van der Waals surface area contributed by atoms with Crippen LogP contribution in [-0.4, -0.2) is 23.8 Å². The van der Waals surface area contributed by atoms with Crippen LogP contribution in [0.4, 0.5) is 0 Å². The Balaban J connectivity index is 1.97. The average molecular weight is 419 g/mol. The number of aliphatic hydroxyl groups excluding tert-OH is 1. The first-order valence-electron chi connectivity index (χ1n) is 12.0. The summed E-state index contributed by atoms with van der Waals surface area (Å²) in [5, 5.41) is 9.86. The number of unbranched alkanes of at least 4 members (excludes halogenated alkanes) is 13. The number of allylic oxidation sites excluding steroid dienone is 4. The van der Waals surface area contributed by atoms with Crippen molar-refractivity contribution in [3.05, 3.63) is 35.3 Å². The van der Waals surface area contributed by atoms with Crippen LogP contribution in [0, 0.1) is 0 Å². The Morgan fingerprint density at radius 3 is 1.83 bits per heavy atom. The number of ketones is 2. The second-order valence-electron chi connectivity index (χ2n) is 8.27. The van der Waals surface area contributed by atoms with E-state index < -0.39 is 11.5 Å². The van der Waals surface area contributed by atoms with Crippen molar-refractivity contribution in [1.29, 1.82) is 0 Å². The highest BCUT2D eigenvalue weighted by atomic mass is 16.5. The van der Waals surface area contributed by atoms with Crippen molar-refractivity contribution in [2.45, 2.75) is 110 Å². The Labute approximate surface area is 183 Å². The zero-order valence-corrected chi connectivity index (χ0v) is 19.2. The van der Waals surface area contributed by atoms with E-state index >= 15 is 0 Å². The number of carbonyl (C=O) groups is 2. The van der Waals surface area contributed by atoms with E-state index in [1.807, 2.05) is 0 Å². The van der Waals surface area contributed by atoms with Gasteiger partial charge in [-0.2, -0.15) is 0 Å². The molecule has 0 aromatic heterocycles. The molecule has 0 aliphatic heterocycles. The van der Waals surface area contributed by atoms with Crippen molar-refractivity contribution >= 4 is 11.6 Å². The Morgan fingerprint density at radius 1 is 0.800 bits per heavy atom. The van der Waals surface area contributed by atoms with Crippen molar-refractivity contribution in [3.63, 3.8) is 0 Å². The summed E-state index contributed by atoms with van der Waals surface area (Å²) in [4.78, 5) is 23.8. The van der Waals surface area contributed by atoms with Crippen LogP contribution in [-0.2, 0) is 14.3 Å². The fourth-order valence-corrected chi connectivity index (χ4v) is 3.77. The lowest BCUT2D eigenvalue weighted by Crippen LogP contribution is -2.20. The monoisotopic (exact) mass is 418 g/mol. The zero-order valence-electron chi connectivity index (χ0n) is 19.2. The Bertz CT molecular complexity index is 598. The van der Waals surface area contributed by atoms with Crippen LogP contribution in [0.1, 0.15) is 110 Å². The van der Waals surface area contributed by atoms with Crippen LogP contribution >= 0.6 is 0 Å². The van der Waals surface area contributed by atoms with Crippen LogP contribution in [0.15, 0.2) is 35.3 Å². The Kier molecular flexibility index (Phi) is 14.8. The normalized spacial score (nSPS) is 14.7. The molecular formula is C26H42O4. The third-order valence-electron chi connectivity index (χ3n) is 5.69. The number of aliphatic hydroxyl groups is 1. The fourth-order valence-electron chi connectivity index (χ4n) is 3.77. The molecule has 1 rings (SSSR count). The van der Waals surface area contributed by atoms with Crippen LogP contribution in [0.2, 0.25) is 0 Å². The molecule has 0 bridgehead atoms. The lowest BCUT2D eigenvalue weighted by molar-refractivity contribution is -0.119. The maximum absolute atomic E-state index is 12.1. The third kappa shape index (κ3) is 10.8. The fraction of sp³-hybridized carbons (Fsp3) is 0.692. The maximum Gasteiger partial charge on any atom is 0.227 e. The minimum Gasteiger partial charge on any atom is -0.504 e. The highest BCUT2D eigenvalue weighted by molar-refractivity contribution is 6.20. The molecule has 0 spiro atoms. The molecule has 0 saturated carbocycles. The molecule has 1 aliphatic carbocycles. The van der Waals surface area contributed by atoms with E-state index in [2.05, 4.69) is 19.1 Å². The molecule has 0 fully saturated rings. The first kappa shape index (κ1) is 26.2. The van der Waals surface area contributed by atoms with Gasteiger partial charge in [0, 0.05) is 11.6 Å². The summed E-state index contributed by atoms with van der Waals surface area (Å²) in [5.41, 5.74) is 0.201. The van der Waals surface area contributed by atoms with Gasteiger partial charge in [0.25, 0.3) is 0 Å². The standard InChI is InChI=1S/C26H42O4/c1-3-4-5-6-7-8-9-10-11-12-13-14-15-16-17-18-19-20-22-25(28)23(27)21-24(30-2)26(22)29/h10-11,21,28H,3-9,12-20H2,1-2H3/b11-10-. The number of Topliss-reactive ketones (excluding diaryl/α,β-unsaturated/α-hetero) is 1. The first-order chi connectivity index (χ1) is 14.6. The molecule has 0 atom stereocenters. The van der Waals surface area contributed by atoms with E-state index in [-0.39, 0.29) is 17.1 Å². The van der Waals surface area contributed by atoms with Gasteiger partial charge in [-0.3, -0.25) is 9.59 Å². The smallest absolute Gasteiger partial charge is 0.227 e. The SMILES string of the molecule is CCCCCCCC/C=C\CCCCCCCCCC1=C(O)C(=O)C=C(OC)C1=O. The number of ether oxygens (including phenoxy) is 1. The van der Waals surface area contributed by atoms with Crippen molar-refractivity contribution < 1.29 is 19.4 Å². The quantitative estimate of drug-likeness (QED) is 0.144. The molecule has 0 aromatic carbocycles. The van der Waals surface area contributed by atoms with Crippen molar-refractivity contribution in [2.24, 2.45) is 0 Å². The van der Waals surface area contributed by atoms with Gasteiger partial charge in [0.1, 0.15) is 0 Å². The minimum atomic E-state index is -0.539. The minimum absolute atomic E-state index is 0.0221. The molecule has 4 nitrogen and oxygen atoms in total. The molecule has 0 heterocycles. The second-order valence-corrected chi connectivity index (χ2v) is 8.27. The van der Waals surface area contributed by atoms with Crippen molar-refractivity contribution in [1.82, 2.24) is 0 Å². The van der Waals surface area contributed by atoms with Crippen LogP contribution in [0.25, 0.3) is 0 Å². The summed E-state index contributed by atoms with van der Waals surface area (Å²) >= 11 is 0. The van der Waals surface area contributed by atoms with E-state index in [0.29, 0.717) is 6.42 Å². The first-order valence-corrected chi connectivity index (χ1v) is 12.0. The molecule has 0 saturated heterocycles. The summed E-state index contributed by atoms with van der Waals surface area (Å²) in [6.07, 6.45) is 24.7. The molecule has 0 aromatic rings. The highest BCUT2D eigenvalue weighted by Gasteiger charge is 2.28. The van der Waals surface area contributed by atoms with E-state index in [1.54, 1.807) is 0 Å². The molecule has 4 heteroatoms. The zero-order chi connectivity index (χ0) is 22.0. The van der Waals surface area contributed by atoms with Crippen LogP contribution < -0.4 is 0 Å². The van der Waals surface area contributed by atoms with Gasteiger partial charge in [0.05, 0.1) is 7.11 Å². The summed E-state index contributed by atoms with van der Waals surface area (Å²) in [7, 11) is 1.36. The predicted octanol–water partition coefficient (Wildman–Crippen LogP) is 7.30. The van der Waals surface area contributed by atoms with Crippen LogP contribution in [0.5, 0.6) is 0 Å². The number of methoxy groups -OCH3 is 1. The van der Waals surface area contributed by atoms with Crippen molar-refractivity contribution in [2.75, 3.05) is 7.11 Å². The summed E-state index contributed by atoms with van der Waals surface area (Å²) in [5.74, 6) is -1.29. The molecule has 0 amide bonds. The number of hydrogen-bond donors (Lipinski definition) is 1. The molecule has 0 radical (unpaired) electrons. The Morgan fingerprint density at radius 2 is 1.30 bits per heavy atom. The van der Waals surface area contributed by atoms with E-state index in [9.17, 15) is 14.7 Å². The van der Waals surface area contributed by atoms with Gasteiger partial charge >= 0.3 is 0 Å². The van der Waals surface area contributed by atoms with Crippen LogP contribution in [0.3, 0.4) is 0 Å². The predicted molar refractivity (Wildman–Crippen MR) is 123 cm³/mol. The highest BCUT2D eigenvalue weighted by Crippen LogP contribution is 2.23. The lowest BCUT2D eigenvalue weighted by Gasteiger charge is -2.14. The van der Waals surface area contributed by atoms with Gasteiger partial charge < -0.3 is 9.84 Å². The average Bonchev–Trinajstić information content (AvgIpc) is 2.75. The van der Waals surface area contributed by atoms with Gasteiger partial charge in [-0.25, -0.2) is 0 Å². The third-order valence-corrected chi connectivity index (χ3v) is 5.69. The molecular weight excluding hydrogens is 376 g/mol. The molecule has 0 unspecified atom stereocenters. The Hall–Kier alpha value is -1.84. The van der Waals surface area contributed by atoms with E-state index in [0.717, 1.165) is 25.3 Å². The number of hydrogen-bond acceptors (Lipinski definition) is 4. The largest absolute Gasteiger partial charge is 0.504 e. The summed E-state index contributed by atoms with van der Waals surface area (Å²) in [6.45, 7) is 2.26. The summed E-state index contributed by atoms with van der Waals surface area (Å²) < 4.78 is 4.93. The molecule has 1 aliphatic rings. The number of carbonyl (C=O) groups excluding carboxylic acids is 2. The van der Waals surface area contributed by atoms with Gasteiger partial charge in [-0.15, -0.1) is 0 Å². The molecule has 30 heavy (non-hydrogen) atoms. The van der Waals surface area contributed by atoms with E-state index in [1.165, 1.54) is 84.2 Å². The van der Waals surface area contributed by atoms with Gasteiger partial charge in [-0.05, 0) is 38.5 Å². The molecule has 1 N–H and O–H groups in total. The van der Waals surface area contributed by atoms with Gasteiger partial charge in [-0.1, -0.05) is 83.3 Å². The van der Waals surface area contributed by atoms with E-state index in [4.69, 9.17) is 4.74 Å². The maximum atomic E-state index is 12.1. The van der Waals surface area contributed by atoms with Crippen molar-refractivity contribution in [3.8, 4) is 0 Å². The second kappa shape index (κ2) is 16.9. The van der Waals surface area contributed by atoms with Gasteiger partial charge in [0.15, 0.2) is 11.5 Å². The van der Waals surface area contributed by atoms with Gasteiger partial charge in [0.2, 0.25) is 11.6 Å². The molecule has 170 valence electrons. The lowest BCUT2D eigenvalue weighted by atomic mass is 9.94.